The van der Waals surface area contributed by atoms with Crippen LogP contribution >= 0.6 is 0 Å². The highest BCUT2D eigenvalue weighted by Crippen LogP contribution is 2.35. The molecule has 76 valence electrons. The number of epoxide rings is 1. The highest BCUT2D eigenvalue weighted by molar-refractivity contribution is 4.84. The third-order valence-corrected chi connectivity index (χ3v) is 3.64. The van der Waals surface area contributed by atoms with Crippen LogP contribution in [0.3, 0.4) is 0 Å². The zero-order valence-corrected chi connectivity index (χ0v) is 8.66. The van der Waals surface area contributed by atoms with E-state index in [4.69, 9.17) is 9.47 Å². The lowest BCUT2D eigenvalue weighted by Crippen LogP contribution is -2.18. The standard InChI is InChI=1S/C11H20O2/c1-8-3-4-9(11-7-13-11)5-6-10(8)12-2/h8-11H,3-7H2,1-2H3. The van der Waals surface area contributed by atoms with E-state index < -0.39 is 0 Å². The molecular formula is C11H20O2. The van der Waals surface area contributed by atoms with Crippen LogP contribution in [-0.4, -0.2) is 25.9 Å². The predicted molar refractivity (Wildman–Crippen MR) is 51.7 cm³/mol. The molecule has 2 aliphatic rings. The summed E-state index contributed by atoms with van der Waals surface area (Å²) in [6.45, 7) is 3.32. The molecule has 0 aromatic rings. The summed E-state index contributed by atoms with van der Waals surface area (Å²) in [6.07, 6.45) is 6.26. The molecule has 2 nitrogen and oxygen atoms in total. The van der Waals surface area contributed by atoms with Crippen molar-refractivity contribution in [3.8, 4) is 0 Å². The van der Waals surface area contributed by atoms with Gasteiger partial charge in [0.2, 0.25) is 0 Å². The monoisotopic (exact) mass is 184 g/mol. The summed E-state index contributed by atoms with van der Waals surface area (Å²) in [5, 5.41) is 0. The minimum absolute atomic E-state index is 0.490. The Kier molecular flexibility index (Phi) is 2.89. The van der Waals surface area contributed by atoms with Crippen molar-refractivity contribution in [2.75, 3.05) is 13.7 Å². The average Bonchev–Trinajstić information content (AvgIpc) is 2.91. The molecule has 1 heterocycles. The van der Waals surface area contributed by atoms with Gasteiger partial charge in [-0.15, -0.1) is 0 Å². The van der Waals surface area contributed by atoms with Crippen LogP contribution in [0.15, 0.2) is 0 Å². The van der Waals surface area contributed by atoms with Crippen molar-refractivity contribution in [1.29, 1.82) is 0 Å². The van der Waals surface area contributed by atoms with Crippen LogP contribution in [0.25, 0.3) is 0 Å². The number of hydrogen-bond donors (Lipinski definition) is 0. The van der Waals surface area contributed by atoms with Crippen LogP contribution in [0, 0.1) is 11.8 Å². The van der Waals surface area contributed by atoms with Gasteiger partial charge >= 0.3 is 0 Å². The van der Waals surface area contributed by atoms with Crippen molar-refractivity contribution < 1.29 is 9.47 Å². The van der Waals surface area contributed by atoms with Crippen LogP contribution in [-0.2, 0) is 9.47 Å². The van der Waals surface area contributed by atoms with Crippen LogP contribution in [0.4, 0.5) is 0 Å². The molecule has 2 rings (SSSR count). The number of rotatable bonds is 2. The highest BCUT2D eigenvalue weighted by Gasteiger charge is 2.35. The molecule has 0 aromatic carbocycles. The molecular weight excluding hydrogens is 164 g/mol. The lowest BCUT2D eigenvalue weighted by Gasteiger charge is -2.18. The average molecular weight is 184 g/mol. The summed E-state index contributed by atoms with van der Waals surface area (Å²) < 4.78 is 10.9. The molecule has 1 saturated carbocycles. The fourth-order valence-electron chi connectivity index (χ4n) is 2.52. The third kappa shape index (κ3) is 2.23. The van der Waals surface area contributed by atoms with Gasteiger partial charge in [0.25, 0.3) is 0 Å². The van der Waals surface area contributed by atoms with E-state index in [-0.39, 0.29) is 0 Å². The van der Waals surface area contributed by atoms with Gasteiger partial charge in [0.15, 0.2) is 0 Å². The van der Waals surface area contributed by atoms with E-state index in [9.17, 15) is 0 Å². The molecule has 4 unspecified atom stereocenters. The molecule has 1 aliphatic heterocycles. The van der Waals surface area contributed by atoms with Crippen LogP contribution in [0.1, 0.15) is 32.6 Å². The number of hydrogen-bond acceptors (Lipinski definition) is 2. The Morgan fingerprint density at radius 1 is 1.15 bits per heavy atom. The first-order valence-corrected chi connectivity index (χ1v) is 5.45. The maximum Gasteiger partial charge on any atom is 0.0838 e. The van der Waals surface area contributed by atoms with Crippen molar-refractivity contribution in [3.63, 3.8) is 0 Å². The van der Waals surface area contributed by atoms with Gasteiger partial charge in [0.1, 0.15) is 0 Å². The first-order chi connectivity index (χ1) is 6.31. The summed E-state index contributed by atoms with van der Waals surface area (Å²) in [5.74, 6) is 1.55. The van der Waals surface area contributed by atoms with E-state index in [1.807, 2.05) is 7.11 Å². The van der Waals surface area contributed by atoms with Gasteiger partial charge < -0.3 is 9.47 Å². The summed E-state index contributed by atoms with van der Waals surface area (Å²) in [6, 6.07) is 0. The quantitative estimate of drug-likeness (QED) is 0.485. The molecule has 1 saturated heterocycles. The zero-order chi connectivity index (χ0) is 9.26. The maximum atomic E-state index is 5.49. The molecule has 0 spiro atoms. The Hall–Kier alpha value is -0.0800. The van der Waals surface area contributed by atoms with Crippen molar-refractivity contribution in [2.45, 2.75) is 44.8 Å². The lowest BCUT2D eigenvalue weighted by atomic mass is 9.96. The van der Waals surface area contributed by atoms with Gasteiger partial charge in [-0.2, -0.15) is 0 Å². The van der Waals surface area contributed by atoms with E-state index in [0.29, 0.717) is 12.2 Å². The Morgan fingerprint density at radius 3 is 2.46 bits per heavy atom. The molecule has 0 bridgehead atoms. The molecule has 13 heavy (non-hydrogen) atoms. The number of ether oxygens (including phenoxy) is 2. The molecule has 0 aromatic heterocycles. The minimum atomic E-state index is 0.490. The van der Waals surface area contributed by atoms with E-state index in [1.165, 1.54) is 25.7 Å². The maximum absolute atomic E-state index is 5.49. The van der Waals surface area contributed by atoms with Crippen molar-refractivity contribution in [2.24, 2.45) is 11.8 Å². The van der Waals surface area contributed by atoms with Gasteiger partial charge in [-0.05, 0) is 37.5 Å². The normalized spacial score (nSPS) is 45.7. The fraction of sp³-hybridized carbons (Fsp3) is 1.00. The van der Waals surface area contributed by atoms with Crippen molar-refractivity contribution in [1.82, 2.24) is 0 Å². The van der Waals surface area contributed by atoms with Gasteiger partial charge in [0, 0.05) is 7.11 Å². The van der Waals surface area contributed by atoms with E-state index in [2.05, 4.69) is 6.92 Å². The molecule has 0 N–H and O–H groups in total. The number of methoxy groups -OCH3 is 1. The molecule has 4 atom stereocenters. The summed E-state index contributed by atoms with van der Waals surface area (Å²) in [7, 11) is 1.84. The summed E-state index contributed by atoms with van der Waals surface area (Å²) in [4.78, 5) is 0. The second-order valence-electron chi connectivity index (χ2n) is 4.54. The Labute approximate surface area is 80.6 Å². The first kappa shape index (κ1) is 9.47. The Morgan fingerprint density at radius 2 is 1.85 bits per heavy atom. The molecule has 1 aliphatic carbocycles. The van der Waals surface area contributed by atoms with Crippen molar-refractivity contribution in [3.05, 3.63) is 0 Å². The van der Waals surface area contributed by atoms with E-state index in [1.54, 1.807) is 0 Å². The van der Waals surface area contributed by atoms with Gasteiger partial charge in [-0.3, -0.25) is 0 Å². The minimum Gasteiger partial charge on any atom is -0.381 e. The van der Waals surface area contributed by atoms with E-state index >= 15 is 0 Å². The molecule has 0 radical (unpaired) electrons. The SMILES string of the molecule is COC1CCC(C2CO2)CCC1C. The predicted octanol–water partition coefficient (Wildman–Crippen LogP) is 2.23. The van der Waals surface area contributed by atoms with E-state index in [0.717, 1.165) is 18.4 Å². The van der Waals surface area contributed by atoms with Crippen LogP contribution < -0.4 is 0 Å². The first-order valence-electron chi connectivity index (χ1n) is 5.45. The Balaban J connectivity index is 1.87. The summed E-state index contributed by atoms with van der Waals surface area (Å²) in [5.41, 5.74) is 0. The molecule has 2 heteroatoms. The fourth-order valence-corrected chi connectivity index (χ4v) is 2.52. The highest BCUT2D eigenvalue weighted by atomic mass is 16.6. The lowest BCUT2D eigenvalue weighted by molar-refractivity contribution is 0.0531. The van der Waals surface area contributed by atoms with Crippen LogP contribution in [0.2, 0.25) is 0 Å². The second-order valence-corrected chi connectivity index (χ2v) is 4.54. The largest absolute Gasteiger partial charge is 0.381 e. The second kappa shape index (κ2) is 3.97. The van der Waals surface area contributed by atoms with Crippen LogP contribution in [0.5, 0.6) is 0 Å². The molecule has 2 fully saturated rings. The Bertz CT molecular complexity index is 165. The molecule has 0 amide bonds. The topological polar surface area (TPSA) is 21.8 Å². The van der Waals surface area contributed by atoms with Gasteiger partial charge in [-0.1, -0.05) is 6.92 Å². The van der Waals surface area contributed by atoms with Crippen molar-refractivity contribution >= 4 is 0 Å². The third-order valence-electron chi connectivity index (χ3n) is 3.64. The smallest absolute Gasteiger partial charge is 0.0838 e. The van der Waals surface area contributed by atoms with Gasteiger partial charge in [-0.25, -0.2) is 0 Å². The summed E-state index contributed by atoms with van der Waals surface area (Å²) >= 11 is 0. The van der Waals surface area contributed by atoms with Gasteiger partial charge in [0.05, 0.1) is 18.8 Å². The zero-order valence-electron chi connectivity index (χ0n) is 8.66.